The number of aryl methyl sites for hydroxylation is 1. The molecule has 1 aliphatic rings. The van der Waals surface area contributed by atoms with Gasteiger partial charge in [-0.05, 0) is 19.5 Å². The fourth-order valence-electron chi connectivity index (χ4n) is 2.69. The molecule has 1 fully saturated rings. The van der Waals surface area contributed by atoms with E-state index in [1.165, 1.54) is 11.3 Å². The van der Waals surface area contributed by atoms with Gasteiger partial charge in [-0.25, -0.2) is 4.98 Å². The summed E-state index contributed by atoms with van der Waals surface area (Å²) < 4.78 is 1.74. The summed E-state index contributed by atoms with van der Waals surface area (Å²) in [7, 11) is 1.87. The largest absolute Gasteiger partial charge is 0.336 e. The first kappa shape index (κ1) is 15.2. The maximum atomic E-state index is 12.6. The van der Waals surface area contributed by atoms with E-state index < -0.39 is 0 Å². The van der Waals surface area contributed by atoms with E-state index >= 15 is 0 Å². The predicted octanol–water partition coefficient (Wildman–Crippen LogP) is 1.71. The molecule has 2 aromatic heterocycles. The molecule has 0 atom stereocenters. The molecule has 1 saturated heterocycles. The summed E-state index contributed by atoms with van der Waals surface area (Å²) in [5, 5.41) is 6.85. The summed E-state index contributed by atoms with van der Waals surface area (Å²) in [6.07, 6.45) is 4.72. The third kappa shape index (κ3) is 3.20. The Kier molecular flexibility index (Phi) is 4.54. The van der Waals surface area contributed by atoms with Crippen LogP contribution in [0.5, 0.6) is 0 Å². The molecule has 0 spiro atoms. The highest BCUT2D eigenvalue weighted by atomic mass is 32.1. The average Bonchev–Trinajstić information content (AvgIpc) is 3.10. The van der Waals surface area contributed by atoms with Gasteiger partial charge in [-0.2, -0.15) is 5.10 Å². The Labute approximate surface area is 134 Å². The van der Waals surface area contributed by atoms with Gasteiger partial charge in [0.1, 0.15) is 10.7 Å². The first-order valence-corrected chi connectivity index (χ1v) is 8.51. The van der Waals surface area contributed by atoms with Crippen molar-refractivity contribution in [2.24, 2.45) is 7.05 Å². The first-order chi connectivity index (χ1) is 10.7. The molecule has 0 aliphatic carbocycles. The van der Waals surface area contributed by atoms with Crippen LogP contribution in [0.4, 0.5) is 0 Å². The van der Waals surface area contributed by atoms with Crippen molar-refractivity contribution in [3.05, 3.63) is 23.5 Å². The van der Waals surface area contributed by atoms with Crippen molar-refractivity contribution in [3.63, 3.8) is 0 Å². The summed E-state index contributed by atoms with van der Waals surface area (Å²) in [4.78, 5) is 21.4. The minimum atomic E-state index is 0.0457. The summed E-state index contributed by atoms with van der Waals surface area (Å²) >= 11 is 1.50. The lowest BCUT2D eigenvalue weighted by molar-refractivity contribution is 0.0757. The molecule has 1 aliphatic heterocycles. The van der Waals surface area contributed by atoms with Gasteiger partial charge in [-0.1, -0.05) is 6.92 Å². The van der Waals surface area contributed by atoms with Crippen molar-refractivity contribution in [1.82, 2.24) is 24.6 Å². The summed E-state index contributed by atoms with van der Waals surface area (Å²) in [6.45, 7) is 6.82. The Bertz CT molecular complexity index is 650. The Balaban J connectivity index is 1.71. The minimum absolute atomic E-state index is 0.0457. The second kappa shape index (κ2) is 6.58. The number of thiazole rings is 1. The molecule has 0 radical (unpaired) electrons. The van der Waals surface area contributed by atoms with E-state index in [0.29, 0.717) is 5.69 Å². The van der Waals surface area contributed by atoms with Crippen LogP contribution in [0, 0.1) is 0 Å². The monoisotopic (exact) mass is 319 g/mol. The average molecular weight is 319 g/mol. The molecule has 2 aromatic rings. The van der Waals surface area contributed by atoms with Crippen LogP contribution >= 0.6 is 11.3 Å². The van der Waals surface area contributed by atoms with Crippen LogP contribution in [-0.4, -0.2) is 63.2 Å². The number of hydrogen-bond donors (Lipinski definition) is 0. The lowest BCUT2D eigenvalue weighted by Gasteiger charge is -2.20. The van der Waals surface area contributed by atoms with E-state index in [0.717, 1.165) is 49.7 Å². The Hall–Kier alpha value is -1.73. The van der Waals surface area contributed by atoms with Gasteiger partial charge in [0.2, 0.25) is 0 Å². The van der Waals surface area contributed by atoms with E-state index in [-0.39, 0.29) is 5.91 Å². The van der Waals surface area contributed by atoms with E-state index in [1.54, 1.807) is 10.9 Å². The molecule has 0 saturated carbocycles. The van der Waals surface area contributed by atoms with Gasteiger partial charge in [-0.15, -0.1) is 11.3 Å². The summed E-state index contributed by atoms with van der Waals surface area (Å²) in [6, 6.07) is 0. The van der Waals surface area contributed by atoms with Crippen LogP contribution in [-0.2, 0) is 7.05 Å². The summed E-state index contributed by atoms with van der Waals surface area (Å²) in [5.74, 6) is 0.0457. The third-order valence-corrected chi connectivity index (χ3v) is 4.89. The van der Waals surface area contributed by atoms with Crippen molar-refractivity contribution in [2.75, 3.05) is 32.7 Å². The van der Waals surface area contributed by atoms with Gasteiger partial charge in [0, 0.05) is 43.8 Å². The molecule has 1 amide bonds. The van der Waals surface area contributed by atoms with Gasteiger partial charge >= 0.3 is 0 Å². The zero-order valence-corrected chi connectivity index (χ0v) is 13.8. The number of rotatable bonds is 3. The molecule has 6 nitrogen and oxygen atoms in total. The van der Waals surface area contributed by atoms with Gasteiger partial charge in [0.25, 0.3) is 5.91 Å². The molecule has 0 N–H and O–H groups in total. The van der Waals surface area contributed by atoms with Crippen LogP contribution in [0.3, 0.4) is 0 Å². The maximum absolute atomic E-state index is 12.6. The molecule has 0 unspecified atom stereocenters. The highest BCUT2D eigenvalue weighted by molar-refractivity contribution is 7.13. The topological polar surface area (TPSA) is 54.3 Å². The normalized spacial score (nSPS) is 16.7. The lowest BCUT2D eigenvalue weighted by Crippen LogP contribution is -2.35. The fraction of sp³-hybridized carbons (Fsp3) is 0.533. The molecule has 3 rings (SSSR count). The number of amides is 1. The van der Waals surface area contributed by atoms with E-state index in [9.17, 15) is 4.79 Å². The fourth-order valence-corrected chi connectivity index (χ4v) is 3.46. The highest BCUT2D eigenvalue weighted by Crippen LogP contribution is 2.23. The maximum Gasteiger partial charge on any atom is 0.273 e. The van der Waals surface area contributed by atoms with Gasteiger partial charge < -0.3 is 9.80 Å². The predicted molar refractivity (Wildman–Crippen MR) is 87.0 cm³/mol. The second-order valence-electron chi connectivity index (χ2n) is 5.52. The molecule has 0 aromatic carbocycles. The Morgan fingerprint density at radius 1 is 1.32 bits per heavy atom. The Morgan fingerprint density at radius 2 is 2.18 bits per heavy atom. The van der Waals surface area contributed by atoms with Crippen molar-refractivity contribution in [2.45, 2.75) is 13.3 Å². The highest BCUT2D eigenvalue weighted by Gasteiger charge is 2.22. The molecule has 22 heavy (non-hydrogen) atoms. The standard InChI is InChI=1S/C15H21N5OS/c1-3-19-5-4-6-20(8-7-19)15(21)13-11-22-14(17-13)12-9-16-18(2)10-12/h9-11H,3-8H2,1-2H3. The lowest BCUT2D eigenvalue weighted by atomic mass is 10.3. The van der Waals surface area contributed by atoms with E-state index in [4.69, 9.17) is 0 Å². The van der Waals surface area contributed by atoms with Crippen LogP contribution in [0.15, 0.2) is 17.8 Å². The minimum Gasteiger partial charge on any atom is -0.336 e. The van der Waals surface area contributed by atoms with Gasteiger partial charge in [-0.3, -0.25) is 9.48 Å². The van der Waals surface area contributed by atoms with Crippen LogP contribution in [0.25, 0.3) is 10.6 Å². The molecule has 7 heteroatoms. The molecular formula is C15H21N5OS. The summed E-state index contributed by atoms with van der Waals surface area (Å²) in [5.41, 5.74) is 1.51. The van der Waals surface area contributed by atoms with Crippen LogP contribution in [0.2, 0.25) is 0 Å². The quantitative estimate of drug-likeness (QED) is 0.864. The molecule has 118 valence electrons. The second-order valence-corrected chi connectivity index (χ2v) is 6.38. The van der Waals surface area contributed by atoms with Crippen molar-refractivity contribution in [1.29, 1.82) is 0 Å². The number of carbonyl (C=O) groups excluding carboxylic acids is 1. The smallest absolute Gasteiger partial charge is 0.273 e. The van der Waals surface area contributed by atoms with Crippen molar-refractivity contribution < 1.29 is 4.79 Å². The van der Waals surface area contributed by atoms with Crippen molar-refractivity contribution >= 4 is 17.2 Å². The molecule has 3 heterocycles. The van der Waals surface area contributed by atoms with Gasteiger partial charge in [0.05, 0.1) is 6.20 Å². The zero-order valence-electron chi connectivity index (χ0n) is 13.0. The number of likely N-dealkylation sites (N-methyl/N-ethyl adjacent to an activating group) is 1. The van der Waals surface area contributed by atoms with Crippen molar-refractivity contribution in [3.8, 4) is 10.6 Å². The van der Waals surface area contributed by atoms with E-state index in [1.807, 2.05) is 23.5 Å². The zero-order chi connectivity index (χ0) is 15.5. The van der Waals surface area contributed by atoms with E-state index in [2.05, 4.69) is 21.9 Å². The van der Waals surface area contributed by atoms with Crippen LogP contribution < -0.4 is 0 Å². The number of hydrogen-bond acceptors (Lipinski definition) is 5. The number of aromatic nitrogens is 3. The SMILES string of the molecule is CCN1CCCN(C(=O)c2csc(-c3cnn(C)c3)n2)CC1. The Morgan fingerprint density at radius 3 is 2.91 bits per heavy atom. The number of nitrogens with zero attached hydrogens (tertiary/aromatic N) is 5. The van der Waals surface area contributed by atoms with Crippen LogP contribution in [0.1, 0.15) is 23.8 Å². The first-order valence-electron chi connectivity index (χ1n) is 7.63. The molecule has 0 bridgehead atoms. The van der Waals surface area contributed by atoms with Gasteiger partial charge in [0.15, 0.2) is 0 Å². The molecular weight excluding hydrogens is 298 g/mol. The third-order valence-electron chi connectivity index (χ3n) is 4.00. The number of carbonyl (C=O) groups is 1.